The molecule has 80 valence electrons. The van der Waals surface area contributed by atoms with E-state index in [0.717, 1.165) is 19.6 Å². The molecule has 1 aromatic heterocycles. The van der Waals surface area contributed by atoms with Crippen molar-refractivity contribution >= 4 is 7.48 Å². The summed E-state index contributed by atoms with van der Waals surface area (Å²) >= 11 is 0. The highest BCUT2D eigenvalue weighted by molar-refractivity contribution is 6.30. The molecule has 0 radical (unpaired) electrons. The summed E-state index contributed by atoms with van der Waals surface area (Å²) in [5.41, 5.74) is 1.19. The monoisotopic (exact) mass is 208 g/mol. The maximum atomic E-state index is 5.36. The van der Waals surface area contributed by atoms with E-state index in [2.05, 4.69) is 11.3 Å². The van der Waals surface area contributed by atoms with Crippen LogP contribution in [0.25, 0.3) is 0 Å². The van der Waals surface area contributed by atoms with E-state index in [4.69, 9.17) is 14.4 Å². The largest absolute Gasteiger partial charge is 0.376 e. The Morgan fingerprint density at radius 1 is 1.60 bits per heavy atom. The van der Waals surface area contributed by atoms with E-state index >= 15 is 0 Å². The van der Waals surface area contributed by atoms with Crippen LogP contribution in [-0.2, 0) is 21.0 Å². The molecular weight excluding hydrogens is 195 g/mol. The molecule has 0 bridgehead atoms. The first kappa shape index (κ1) is 9.39. The molecule has 2 atom stereocenters. The van der Waals surface area contributed by atoms with Crippen molar-refractivity contribution in [3.05, 3.63) is 18.0 Å². The van der Waals surface area contributed by atoms with Crippen LogP contribution in [0.2, 0.25) is 0 Å². The first-order valence-electron chi connectivity index (χ1n) is 5.30. The summed E-state index contributed by atoms with van der Waals surface area (Å²) in [6.07, 6.45) is 5.45. The van der Waals surface area contributed by atoms with E-state index in [0.29, 0.717) is 26.0 Å². The Labute approximate surface area is 88.5 Å². The third-order valence-corrected chi connectivity index (χ3v) is 2.93. The Kier molecular flexibility index (Phi) is 2.48. The molecule has 15 heavy (non-hydrogen) atoms. The van der Waals surface area contributed by atoms with Crippen molar-refractivity contribution in [2.75, 3.05) is 13.2 Å². The second-order valence-corrected chi connectivity index (χ2v) is 4.04. The van der Waals surface area contributed by atoms with Crippen LogP contribution in [0.3, 0.4) is 0 Å². The SMILES string of the molecule is B1OOCC1c1cnn(CC2CCO2)c1. The quantitative estimate of drug-likeness (QED) is 0.519. The molecule has 1 aromatic rings. The maximum absolute atomic E-state index is 5.36. The van der Waals surface area contributed by atoms with Gasteiger partial charge in [-0.25, -0.2) is 0 Å². The number of nitrogens with zero attached hydrogens (tertiary/aromatic N) is 2. The van der Waals surface area contributed by atoms with Crippen LogP contribution in [0, 0.1) is 0 Å². The van der Waals surface area contributed by atoms with E-state index in [1.165, 1.54) is 5.56 Å². The van der Waals surface area contributed by atoms with E-state index in [-0.39, 0.29) is 0 Å². The predicted molar refractivity (Wildman–Crippen MR) is 53.5 cm³/mol. The molecule has 0 spiro atoms. The number of rotatable bonds is 3. The van der Waals surface area contributed by atoms with E-state index in [1.807, 2.05) is 10.9 Å². The highest BCUT2D eigenvalue weighted by Crippen LogP contribution is 2.20. The number of aromatic nitrogens is 2. The van der Waals surface area contributed by atoms with Gasteiger partial charge in [0.2, 0.25) is 0 Å². The summed E-state index contributed by atoms with van der Waals surface area (Å²) in [7, 11) is 0.631. The van der Waals surface area contributed by atoms with E-state index in [9.17, 15) is 0 Å². The van der Waals surface area contributed by atoms with E-state index < -0.39 is 0 Å². The first-order valence-corrected chi connectivity index (χ1v) is 5.30. The lowest BCUT2D eigenvalue weighted by atomic mass is 9.78. The Bertz CT molecular complexity index is 334. The lowest BCUT2D eigenvalue weighted by Crippen LogP contribution is -2.31. The average Bonchev–Trinajstić information content (AvgIpc) is 2.82. The van der Waals surface area contributed by atoms with Gasteiger partial charge in [0.25, 0.3) is 0 Å². The highest BCUT2D eigenvalue weighted by Gasteiger charge is 2.24. The predicted octanol–water partition coefficient (Wildman–Crippen LogP) is 0.0264. The Hall–Kier alpha value is -0.845. The van der Waals surface area contributed by atoms with Crippen molar-refractivity contribution in [2.24, 2.45) is 0 Å². The van der Waals surface area contributed by atoms with Crippen LogP contribution in [0.4, 0.5) is 0 Å². The standard InChI is InChI=1S/C9H13BN2O3/c1-2-13-8(1)5-12-4-7(3-11-12)9-6-14-15-10-9/h3-4,8-10H,1-2,5-6H2. The fourth-order valence-corrected chi connectivity index (χ4v) is 1.83. The highest BCUT2D eigenvalue weighted by atomic mass is 17.2. The van der Waals surface area contributed by atoms with Gasteiger partial charge in [-0.2, -0.15) is 5.10 Å². The molecule has 0 amide bonds. The molecule has 0 N–H and O–H groups in total. The lowest BCUT2D eigenvalue weighted by Gasteiger charge is -2.26. The van der Waals surface area contributed by atoms with Gasteiger partial charge in [0, 0.05) is 18.6 Å². The van der Waals surface area contributed by atoms with Gasteiger partial charge in [-0.15, -0.1) is 0 Å². The molecule has 3 heterocycles. The third-order valence-electron chi connectivity index (χ3n) is 2.93. The summed E-state index contributed by atoms with van der Waals surface area (Å²) in [5.74, 6) is 0.334. The fourth-order valence-electron chi connectivity index (χ4n) is 1.83. The van der Waals surface area contributed by atoms with Crippen LogP contribution < -0.4 is 0 Å². The van der Waals surface area contributed by atoms with Gasteiger partial charge in [0.1, 0.15) is 0 Å². The second-order valence-electron chi connectivity index (χ2n) is 4.04. The van der Waals surface area contributed by atoms with Gasteiger partial charge in [-0.3, -0.25) is 9.57 Å². The maximum Gasteiger partial charge on any atom is 0.333 e. The zero-order chi connectivity index (χ0) is 10.1. The normalized spacial score (nSPS) is 29.9. The molecular formula is C9H13BN2O3. The minimum absolute atomic E-state index is 0.334. The Morgan fingerprint density at radius 2 is 2.53 bits per heavy atom. The number of hydrogen-bond acceptors (Lipinski definition) is 4. The van der Waals surface area contributed by atoms with Gasteiger partial charge < -0.3 is 9.54 Å². The van der Waals surface area contributed by atoms with Crippen molar-refractivity contribution in [1.29, 1.82) is 0 Å². The zero-order valence-electron chi connectivity index (χ0n) is 8.46. The van der Waals surface area contributed by atoms with Crippen molar-refractivity contribution in [1.82, 2.24) is 9.78 Å². The third kappa shape index (κ3) is 1.93. The molecule has 0 saturated carbocycles. The smallest absolute Gasteiger partial charge is 0.333 e. The molecule has 2 saturated heterocycles. The average molecular weight is 208 g/mol. The molecule has 0 aromatic carbocycles. The molecule has 2 aliphatic heterocycles. The van der Waals surface area contributed by atoms with Crippen molar-refractivity contribution in [3.63, 3.8) is 0 Å². The Balaban J connectivity index is 1.64. The van der Waals surface area contributed by atoms with Crippen molar-refractivity contribution in [2.45, 2.75) is 24.9 Å². The summed E-state index contributed by atoms with van der Waals surface area (Å²) in [5, 5.41) is 4.31. The zero-order valence-corrected chi connectivity index (χ0v) is 8.46. The summed E-state index contributed by atoms with van der Waals surface area (Å²) in [6, 6.07) is 0. The van der Waals surface area contributed by atoms with Gasteiger partial charge in [-0.1, -0.05) is 0 Å². The molecule has 5 nitrogen and oxygen atoms in total. The second kappa shape index (κ2) is 3.96. The van der Waals surface area contributed by atoms with Crippen LogP contribution in [0.5, 0.6) is 0 Å². The molecule has 2 unspecified atom stereocenters. The van der Waals surface area contributed by atoms with Crippen LogP contribution in [0.1, 0.15) is 17.8 Å². The van der Waals surface area contributed by atoms with Crippen molar-refractivity contribution < 1.29 is 14.4 Å². The van der Waals surface area contributed by atoms with Crippen molar-refractivity contribution in [3.8, 4) is 0 Å². The molecule has 6 heteroatoms. The van der Waals surface area contributed by atoms with Crippen LogP contribution >= 0.6 is 0 Å². The topological polar surface area (TPSA) is 45.5 Å². The lowest BCUT2D eigenvalue weighted by molar-refractivity contribution is -0.183. The minimum atomic E-state index is 0.334. The van der Waals surface area contributed by atoms with Gasteiger partial charge in [0.05, 0.1) is 25.5 Å². The molecule has 2 aliphatic rings. The Morgan fingerprint density at radius 3 is 3.20 bits per heavy atom. The van der Waals surface area contributed by atoms with Gasteiger partial charge in [0.15, 0.2) is 0 Å². The summed E-state index contributed by atoms with van der Waals surface area (Å²) in [6.45, 7) is 2.38. The van der Waals surface area contributed by atoms with Gasteiger partial charge >= 0.3 is 7.48 Å². The number of hydrogen-bond donors (Lipinski definition) is 0. The summed E-state index contributed by atoms with van der Waals surface area (Å²) in [4.78, 5) is 9.74. The van der Waals surface area contributed by atoms with Crippen LogP contribution in [0.15, 0.2) is 12.4 Å². The summed E-state index contributed by atoms with van der Waals surface area (Å²) < 4.78 is 7.30. The molecule has 0 aliphatic carbocycles. The van der Waals surface area contributed by atoms with Crippen LogP contribution in [-0.4, -0.2) is 36.6 Å². The fraction of sp³-hybridized carbons (Fsp3) is 0.667. The minimum Gasteiger partial charge on any atom is -0.376 e. The van der Waals surface area contributed by atoms with E-state index in [1.54, 1.807) is 0 Å². The molecule has 3 rings (SSSR count). The van der Waals surface area contributed by atoms with Gasteiger partial charge in [-0.05, 0) is 12.0 Å². The first-order chi connectivity index (χ1) is 7.42. The molecule has 2 fully saturated rings. The number of ether oxygens (including phenoxy) is 1.